The van der Waals surface area contributed by atoms with Crippen LogP contribution < -0.4 is 11.1 Å². The summed E-state index contributed by atoms with van der Waals surface area (Å²) >= 11 is 3.40. The van der Waals surface area contributed by atoms with Crippen LogP contribution in [0, 0.1) is 5.92 Å². The Hall–Kier alpha value is -2.73. The number of nitrogens with zero attached hydrogens (tertiary/aromatic N) is 2. The molecule has 0 aliphatic rings. The Labute approximate surface area is 173 Å². The van der Waals surface area contributed by atoms with Crippen molar-refractivity contribution in [3.63, 3.8) is 0 Å². The lowest BCUT2D eigenvalue weighted by Crippen LogP contribution is -2.18. The van der Waals surface area contributed by atoms with Crippen LogP contribution in [-0.2, 0) is 17.6 Å². The van der Waals surface area contributed by atoms with Gasteiger partial charge in [-0.25, -0.2) is 9.97 Å². The number of rotatable bonds is 6. The van der Waals surface area contributed by atoms with E-state index in [9.17, 15) is 4.79 Å². The fourth-order valence-electron chi connectivity index (χ4n) is 2.82. The molecule has 0 radical (unpaired) electrons. The molecular formula is C22H23BrN4O. The molecule has 3 aromatic rings. The van der Waals surface area contributed by atoms with Gasteiger partial charge >= 0.3 is 0 Å². The van der Waals surface area contributed by atoms with Crippen molar-refractivity contribution in [2.45, 2.75) is 26.7 Å². The number of nitrogens with one attached hydrogen (secondary N) is 1. The van der Waals surface area contributed by atoms with Gasteiger partial charge in [0, 0.05) is 15.7 Å². The van der Waals surface area contributed by atoms with Crippen LogP contribution in [0.25, 0.3) is 11.3 Å². The molecule has 1 amide bonds. The second-order valence-corrected chi connectivity index (χ2v) is 8.04. The Morgan fingerprint density at radius 2 is 1.79 bits per heavy atom. The predicted octanol–water partition coefficient (Wildman–Crippen LogP) is 4.87. The third kappa shape index (κ3) is 5.39. The highest BCUT2D eigenvalue weighted by Gasteiger charge is 2.14. The molecule has 0 unspecified atom stereocenters. The summed E-state index contributed by atoms with van der Waals surface area (Å²) in [6.07, 6.45) is 2.70. The monoisotopic (exact) mass is 438 g/mol. The average Bonchev–Trinajstić information content (AvgIpc) is 2.65. The van der Waals surface area contributed by atoms with E-state index in [-0.39, 0.29) is 12.3 Å². The van der Waals surface area contributed by atoms with Crippen molar-refractivity contribution in [1.82, 2.24) is 9.97 Å². The van der Waals surface area contributed by atoms with Crippen molar-refractivity contribution in [3.8, 4) is 11.3 Å². The van der Waals surface area contributed by atoms with Gasteiger partial charge in [-0.15, -0.1) is 0 Å². The number of nitrogens with two attached hydrogens (primary N) is 1. The second kappa shape index (κ2) is 8.97. The molecule has 0 atom stereocenters. The maximum Gasteiger partial charge on any atom is 0.229 e. The molecule has 28 heavy (non-hydrogen) atoms. The molecule has 0 saturated carbocycles. The van der Waals surface area contributed by atoms with E-state index in [1.807, 2.05) is 48.5 Å². The van der Waals surface area contributed by atoms with Gasteiger partial charge in [-0.3, -0.25) is 4.79 Å². The summed E-state index contributed by atoms with van der Waals surface area (Å²) in [4.78, 5) is 21.7. The van der Waals surface area contributed by atoms with E-state index in [2.05, 4.69) is 40.1 Å². The second-order valence-electron chi connectivity index (χ2n) is 7.12. The van der Waals surface area contributed by atoms with Crippen molar-refractivity contribution in [3.05, 3.63) is 70.5 Å². The summed E-state index contributed by atoms with van der Waals surface area (Å²) in [5, 5.41) is 2.92. The number of nitrogen functional groups attached to an aromatic ring is 1. The minimum atomic E-state index is -0.109. The van der Waals surface area contributed by atoms with E-state index in [0.29, 0.717) is 17.4 Å². The first-order chi connectivity index (χ1) is 13.4. The van der Waals surface area contributed by atoms with Crippen LogP contribution in [0.15, 0.2) is 59.2 Å². The molecule has 6 heteroatoms. The van der Waals surface area contributed by atoms with Gasteiger partial charge in [-0.2, -0.15) is 0 Å². The standard InChI is InChI=1S/C22H23BrN4O/c1-14(2)11-19-22(27-21(28)12-15-3-7-17(23)8-4-15)25-13-20(26-19)16-5-9-18(24)10-6-16/h3-10,13-14H,11-12,24H2,1-2H3,(H,25,27,28). The zero-order valence-electron chi connectivity index (χ0n) is 15.9. The van der Waals surface area contributed by atoms with Crippen LogP contribution in [0.5, 0.6) is 0 Å². The largest absolute Gasteiger partial charge is 0.399 e. The van der Waals surface area contributed by atoms with Gasteiger partial charge in [0.05, 0.1) is 24.0 Å². The summed E-state index contributed by atoms with van der Waals surface area (Å²) in [6.45, 7) is 4.23. The van der Waals surface area contributed by atoms with E-state index < -0.39 is 0 Å². The number of halogens is 1. The van der Waals surface area contributed by atoms with Crippen LogP contribution >= 0.6 is 15.9 Å². The molecule has 3 rings (SSSR count). The molecule has 5 nitrogen and oxygen atoms in total. The highest BCUT2D eigenvalue weighted by atomic mass is 79.9. The van der Waals surface area contributed by atoms with Gasteiger partial charge in [-0.1, -0.05) is 54.0 Å². The van der Waals surface area contributed by atoms with E-state index in [1.165, 1.54) is 0 Å². The molecule has 1 aromatic heterocycles. The fraction of sp³-hybridized carbons (Fsp3) is 0.227. The molecule has 0 bridgehead atoms. The molecular weight excluding hydrogens is 416 g/mol. The zero-order valence-corrected chi connectivity index (χ0v) is 17.5. The quantitative estimate of drug-likeness (QED) is 0.537. The third-order valence-electron chi connectivity index (χ3n) is 4.19. The molecule has 3 N–H and O–H groups in total. The predicted molar refractivity (Wildman–Crippen MR) is 117 cm³/mol. The molecule has 0 aliphatic carbocycles. The topological polar surface area (TPSA) is 80.9 Å². The number of hydrogen-bond donors (Lipinski definition) is 2. The first-order valence-corrected chi connectivity index (χ1v) is 9.96. The maximum absolute atomic E-state index is 12.5. The van der Waals surface area contributed by atoms with Crippen molar-refractivity contribution in [2.75, 3.05) is 11.1 Å². The minimum Gasteiger partial charge on any atom is -0.399 e. The van der Waals surface area contributed by atoms with Crippen molar-refractivity contribution in [1.29, 1.82) is 0 Å². The summed E-state index contributed by atoms with van der Waals surface area (Å²) < 4.78 is 0.986. The number of carbonyl (C=O) groups excluding carboxylic acids is 1. The van der Waals surface area contributed by atoms with Crippen LogP contribution in [-0.4, -0.2) is 15.9 Å². The maximum atomic E-state index is 12.5. The van der Waals surface area contributed by atoms with E-state index in [1.54, 1.807) is 6.20 Å². The van der Waals surface area contributed by atoms with Crippen LogP contribution in [0.4, 0.5) is 11.5 Å². The van der Waals surface area contributed by atoms with E-state index in [0.717, 1.165) is 33.4 Å². The van der Waals surface area contributed by atoms with E-state index >= 15 is 0 Å². The Morgan fingerprint density at radius 1 is 1.11 bits per heavy atom. The fourth-order valence-corrected chi connectivity index (χ4v) is 3.08. The normalized spacial score (nSPS) is 10.9. The van der Waals surface area contributed by atoms with E-state index in [4.69, 9.17) is 10.7 Å². The minimum absolute atomic E-state index is 0.109. The number of benzene rings is 2. The number of hydrogen-bond acceptors (Lipinski definition) is 4. The van der Waals surface area contributed by atoms with Crippen LogP contribution in [0.1, 0.15) is 25.1 Å². The lowest BCUT2D eigenvalue weighted by Gasteiger charge is -2.13. The van der Waals surface area contributed by atoms with Crippen molar-refractivity contribution < 1.29 is 4.79 Å². The highest BCUT2D eigenvalue weighted by Crippen LogP contribution is 2.23. The Kier molecular flexibility index (Phi) is 6.41. The zero-order chi connectivity index (χ0) is 20.1. The van der Waals surface area contributed by atoms with Gasteiger partial charge in [0.15, 0.2) is 5.82 Å². The van der Waals surface area contributed by atoms with Crippen LogP contribution in [0.2, 0.25) is 0 Å². The molecule has 2 aromatic carbocycles. The van der Waals surface area contributed by atoms with Crippen molar-refractivity contribution in [2.24, 2.45) is 5.92 Å². The summed E-state index contributed by atoms with van der Waals surface area (Å²) in [7, 11) is 0. The number of aromatic nitrogens is 2. The van der Waals surface area contributed by atoms with Crippen molar-refractivity contribution >= 4 is 33.3 Å². The molecule has 1 heterocycles. The highest BCUT2D eigenvalue weighted by molar-refractivity contribution is 9.10. The smallest absolute Gasteiger partial charge is 0.229 e. The Bertz CT molecular complexity index is 953. The first kappa shape index (κ1) is 20.0. The van der Waals surface area contributed by atoms with Gasteiger partial charge in [0.2, 0.25) is 5.91 Å². The Balaban J connectivity index is 1.81. The molecule has 0 aliphatic heterocycles. The van der Waals surface area contributed by atoms with Crippen LogP contribution in [0.3, 0.4) is 0 Å². The van der Waals surface area contributed by atoms with Gasteiger partial charge in [0.1, 0.15) is 0 Å². The van der Waals surface area contributed by atoms with Gasteiger partial charge in [-0.05, 0) is 42.2 Å². The summed E-state index contributed by atoms with van der Waals surface area (Å²) in [6, 6.07) is 15.2. The van der Waals surface area contributed by atoms with Gasteiger partial charge < -0.3 is 11.1 Å². The number of anilines is 2. The number of amides is 1. The molecule has 0 fully saturated rings. The Morgan fingerprint density at radius 3 is 2.43 bits per heavy atom. The number of carbonyl (C=O) groups is 1. The summed E-state index contributed by atoms with van der Waals surface area (Å²) in [5.41, 5.74) is 9.91. The lowest BCUT2D eigenvalue weighted by molar-refractivity contribution is -0.115. The first-order valence-electron chi connectivity index (χ1n) is 9.17. The molecule has 0 saturated heterocycles. The SMILES string of the molecule is CC(C)Cc1nc(-c2ccc(N)cc2)cnc1NC(=O)Cc1ccc(Br)cc1. The molecule has 144 valence electrons. The molecule has 0 spiro atoms. The average molecular weight is 439 g/mol. The van der Waals surface area contributed by atoms with Gasteiger partial charge in [0.25, 0.3) is 0 Å². The summed E-state index contributed by atoms with van der Waals surface area (Å²) in [5.74, 6) is 0.801. The third-order valence-corrected chi connectivity index (χ3v) is 4.72. The lowest BCUT2D eigenvalue weighted by atomic mass is 10.1.